The van der Waals surface area contributed by atoms with Crippen molar-refractivity contribution in [3.05, 3.63) is 53.2 Å². The number of carbonyl (C=O) groups is 3. The number of rotatable bonds is 8. The molecule has 1 aliphatic rings. The normalized spacial score (nSPS) is 14.7. The molecular weight excluding hydrogens is 463 g/mol. The number of halogens is 1. The van der Waals surface area contributed by atoms with Crippen molar-refractivity contribution in [3.8, 4) is 0 Å². The predicted octanol–water partition coefficient (Wildman–Crippen LogP) is 4.77. The van der Waals surface area contributed by atoms with E-state index in [9.17, 15) is 18.8 Å². The van der Waals surface area contributed by atoms with Crippen LogP contribution in [0.2, 0.25) is 0 Å². The van der Waals surface area contributed by atoms with Gasteiger partial charge in [-0.15, -0.1) is 0 Å². The minimum atomic E-state index is -0.659. The summed E-state index contributed by atoms with van der Waals surface area (Å²) in [7, 11) is 0. The number of nitrogens with zero attached hydrogens (tertiary/aromatic N) is 2. The highest BCUT2D eigenvalue weighted by Gasteiger charge is 2.25. The summed E-state index contributed by atoms with van der Waals surface area (Å²) >= 11 is 0. The Morgan fingerprint density at radius 2 is 1.75 bits per heavy atom. The molecule has 3 amide bonds. The number of hydrogen-bond donors (Lipinski definition) is 2. The van der Waals surface area contributed by atoms with Crippen LogP contribution in [0.4, 0.5) is 14.9 Å². The first-order valence-corrected chi connectivity index (χ1v) is 12.4. The number of anilines is 1. The van der Waals surface area contributed by atoms with Crippen LogP contribution < -0.4 is 10.6 Å². The molecule has 1 saturated heterocycles. The molecule has 9 heteroatoms. The first-order chi connectivity index (χ1) is 16.9. The van der Waals surface area contributed by atoms with Crippen LogP contribution in [0, 0.1) is 17.2 Å². The van der Waals surface area contributed by atoms with E-state index in [4.69, 9.17) is 4.42 Å². The van der Waals surface area contributed by atoms with Gasteiger partial charge in [-0.2, -0.15) is 0 Å². The van der Waals surface area contributed by atoms with Crippen molar-refractivity contribution < 1.29 is 23.2 Å². The van der Waals surface area contributed by atoms with Crippen LogP contribution >= 0.6 is 0 Å². The molecule has 0 radical (unpaired) electrons. The van der Waals surface area contributed by atoms with E-state index in [0.29, 0.717) is 51.4 Å². The highest BCUT2D eigenvalue weighted by Crippen LogP contribution is 2.23. The fraction of sp³-hybridized carbons (Fsp3) is 0.519. The number of amides is 3. The molecule has 2 aromatic rings. The molecule has 8 nitrogen and oxygen atoms in total. The number of piperazine rings is 1. The van der Waals surface area contributed by atoms with Crippen molar-refractivity contribution in [3.63, 3.8) is 0 Å². The monoisotopic (exact) mass is 500 g/mol. The summed E-state index contributed by atoms with van der Waals surface area (Å²) in [6, 6.07) is 7.16. The number of urea groups is 1. The smallest absolute Gasteiger partial charge is 0.319 e. The van der Waals surface area contributed by atoms with E-state index < -0.39 is 11.8 Å². The van der Waals surface area contributed by atoms with E-state index in [1.807, 2.05) is 40.7 Å². The first-order valence-electron chi connectivity index (χ1n) is 12.4. The number of carbonyl (C=O) groups excluding carboxylic acids is 3. The van der Waals surface area contributed by atoms with E-state index >= 15 is 0 Å². The second-order valence-electron chi connectivity index (χ2n) is 10.9. The molecule has 36 heavy (non-hydrogen) atoms. The molecular formula is C27H37FN4O4. The van der Waals surface area contributed by atoms with Gasteiger partial charge in [0, 0.05) is 44.7 Å². The van der Waals surface area contributed by atoms with Crippen molar-refractivity contribution in [1.82, 2.24) is 15.1 Å². The minimum absolute atomic E-state index is 0.00574. The fourth-order valence-corrected chi connectivity index (χ4v) is 3.91. The van der Waals surface area contributed by atoms with Crippen LogP contribution in [-0.2, 0) is 6.54 Å². The molecule has 0 aliphatic carbocycles. The van der Waals surface area contributed by atoms with Gasteiger partial charge in [0.2, 0.25) is 0 Å². The van der Waals surface area contributed by atoms with Crippen molar-refractivity contribution in [2.75, 3.05) is 38.0 Å². The first kappa shape index (κ1) is 27.4. The average molecular weight is 501 g/mol. The molecule has 1 aromatic heterocycles. The Bertz CT molecular complexity index is 1080. The molecule has 3 rings (SSSR count). The lowest BCUT2D eigenvalue weighted by Gasteiger charge is -2.34. The van der Waals surface area contributed by atoms with E-state index in [-0.39, 0.29) is 34.3 Å². The Morgan fingerprint density at radius 3 is 2.36 bits per heavy atom. The summed E-state index contributed by atoms with van der Waals surface area (Å²) in [5.41, 5.74) is 0.160. The summed E-state index contributed by atoms with van der Waals surface area (Å²) in [5.74, 6) is 0.459. The lowest BCUT2D eigenvalue weighted by Crippen LogP contribution is -2.48. The second-order valence-corrected chi connectivity index (χ2v) is 10.9. The van der Waals surface area contributed by atoms with Crippen LogP contribution in [0.25, 0.3) is 0 Å². The van der Waals surface area contributed by atoms with E-state index in [1.165, 1.54) is 12.1 Å². The van der Waals surface area contributed by atoms with Gasteiger partial charge >= 0.3 is 6.03 Å². The van der Waals surface area contributed by atoms with Crippen LogP contribution in [0.1, 0.15) is 67.7 Å². The zero-order chi connectivity index (χ0) is 26.5. The highest BCUT2D eigenvalue weighted by atomic mass is 19.1. The molecule has 2 N–H and O–H groups in total. The quantitative estimate of drug-likeness (QED) is 0.509. The standard InChI is InChI=1S/C27H37FN4O4/c1-18(2)16-29-26(35)30-22-8-6-19(14-21(22)28)25(34)32-12-10-31(11-13-32)17-20-7-9-24(36-20)23(33)15-27(3,4)5/h6-9,14,18H,10-13,15-17H2,1-5H3,(H2,29,30,35). The Labute approximate surface area is 212 Å². The van der Waals surface area contributed by atoms with Crippen molar-refractivity contribution >= 4 is 23.4 Å². The fourth-order valence-electron chi connectivity index (χ4n) is 3.91. The Balaban J connectivity index is 1.50. The van der Waals surface area contributed by atoms with Gasteiger partial charge in [0.15, 0.2) is 11.5 Å². The summed E-state index contributed by atoms with van der Waals surface area (Å²) in [6.45, 7) is 13.3. The van der Waals surface area contributed by atoms with Crippen molar-refractivity contribution in [2.45, 2.75) is 47.6 Å². The number of furan rings is 1. The number of ketones is 1. The molecule has 2 heterocycles. The molecule has 1 fully saturated rings. The summed E-state index contributed by atoms with van der Waals surface area (Å²) in [4.78, 5) is 41.0. The lowest BCUT2D eigenvalue weighted by molar-refractivity contribution is 0.0617. The van der Waals surface area contributed by atoms with Crippen LogP contribution in [-0.4, -0.2) is 60.2 Å². The average Bonchev–Trinajstić information content (AvgIpc) is 3.27. The van der Waals surface area contributed by atoms with Gasteiger partial charge in [-0.05, 0) is 41.7 Å². The number of benzene rings is 1. The van der Waals surface area contributed by atoms with Crippen molar-refractivity contribution in [2.24, 2.45) is 11.3 Å². The Hall–Kier alpha value is -3.20. The van der Waals surface area contributed by atoms with Crippen LogP contribution in [0.3, 0.4) is 0 Å². The minimum Gasteiger partial charge on any atom is -0.457 e. The maximum absolute atomic E-state index is 14.5. The molecule has 1 aliphatic heterocycles. The summed E-state index contributed by atoms with van der Waals surface area (Å²) in [5, 5.41) is 5.14. The van der Waals surface area contributed by atoms with Gasteiger partial charge in [0.05, 0.1) is 12.2 Å². The molecule has 196 valence electrons. The molecule has 0 saturated carbocycles. The number of Topliss-reactive ketones (excluding diaryl/α,β-unsaturated/α-hetero) is 1. The molecule has 0 bridgehead atoms. The lowest BCUT2D eigenvalue weighted by atomic mass is 9.89. The van der Waals surface area contributed by atoms with Gasteiger partial charge in [-0.25, -0.2) is 9.18 Å². The maximum Gasteiger partial charge on any atom is 0.319 e. The zero-order valence-corrected chi connectivity index (χ0v) is 21.8. The highest BCUT2D eigenvalue weighted by molar-refractivity contribution is 5.96. The molecule has 0 unspecified atom stereocenters. The second kappa shape index (κ2) is 11.7. The van der Waals surface area contributed by atoms with Gasteiger partial charge in [-0.3, -0.25) is 14.5 Å². The van der Waals surface area contributed by atoms with Crippen LogP contribution in [0.15, 0.2) is 34.7 Å². The van der Waals surface area contributed by atoms with Gasteiger partial charge in [-0.1, -0.05) is 34.6 Å². The molecule has 1 aromatic carbocycles. The summed E-state index contributed by atoms with van der Waals surface area (Å²) < 4.78 is 20.3. The number of nitrogens with one attached hydrogen (secondary N) is 2. The van der Waals surface area contributed by atoms with Gasteiger partial charge in [0.1, 0.15) is 11.6 Å². The third-order valence-corrected chi connectivity index (χ3v) is 5.80. The van der Waals surface area contributed by atoms with Gasteiger partial charge in [0.25, 0.3) is 5.91 Å². The zero-order valence-electron chi connectivity index (χ0n) is 21.8. The Morgan fingerprint density at radius 1 is 1.06 bits per heavy atom. The molecule has 0 atom stereocenters. The molecule has 0 spiro atoms. The van der Waals surface area contributed by atoms with E-state index in [1.54, 1.807) is 11.0 Å². The Kier molecular flexibility index (Phi) is 8.89. The topological polar surface area (TPSA) is 94.9 Å². The third kappa shape index (κ3) is 7.91. The van der Waals surface area contributed by atoms with Gasteiger partial charge < -0.3 is 20.0 Å². The van der Waals surface area contributed by atoms with Crippen LogP contribution in [0.5, 0.6) is 0 Å². The van der Waals surface area contributed by atoms with Crippen molar-refractivity contribution in [1.29, 1.82) is 0 Å². The third-order valence-electron chi connectivity index (χ3n) is 5.80. The van der Waals surface area contributed by atoms with E-state index in [2.05, 4.69) is 15.5 Å². The number of hydrogen-bond acceptors (Lipinski definition) is 5. The SMILES string of the molecule is CC(C)CNC(=O)Nc1ccc(C(=O)N2CCN(Cc3ccc(C(=O)CC(C)(C)C)o3)CC2)cc1F. The largest absolute Gasteiger partial charge is 0.457 e. The maximum atomic E-state index is 14.5. The van der Waals surface area contributed by atoms with E-state index in [0.717, 1.165) is 11.8 Å². The summed E-state index contributed by atoms with van der Waals surface area (Å²) in [6.07, 6.45) is 0.420. The predicted molar refractivity (Wildman–Crippen MR) is 137 cm³/mol.